The van der Waals surface area contributed by atoms with Crippen LogP contribution in [0.3, 0.4) is 0 Å². The lowest BCUT2D eigenvalue weighted by atomic mass is 10.1. The topological polar surface area (TPSA) is 59.5 Å². The fourth-order valence-electron chi connectivity index (χ4n) is 2.52. The number of hydrogen-bond donors (Lipinski definition) is 0. The molecule has 5 heteroatoms. The quantitative estimate of drug-likeness (QED) is 0.766. The third-order valence-electron chi connectivity index (χ3n) is 3.88. The van der Waals surface area contributed by atoms with Crippen LogP contribution in [0.25, 0.3) is 0 Å². The first kappa shape index (κ1) is 17.7. The van der Waals surface area contributed by atoms with Crippen LogP contribution in [-0.4, -0.2) is 35.4 Å². The Hall–Kier alpha value is -2.69. The van der Waals surface area contributed by atoms with Crippen molar-refractivity contribution in [3.05, 3.63) is 65.5 Å². The number of benzene rings is 1. The van der Waals surface area contributed by atoms with E-state index in [4.69, 9.17) is 4.74 Å². The van der Waals surface area contributed by atoms with Gasteiger partial charge in [-0.3, -0.25) is 14.6 Å². The third-order valence-corrected chi connectivity index (χ3v) is 3.88. The lowest BCUT2D eigenvalue weighted by Crippen LogP contribution is -2.37. The normalized spacial score (nSPS) is 11.6. The maximum Gasteiger partial charge on any atom is 0.310 e. The lowest BCUT2D eigenvalue weighted by Gasteiger charge is -2.26. The zero-order valence-corrected chi connectivity index (χ0v) is 14.2. The standard InChI is InChI=1S/C19H22N2O3/c1-14-6-4-5-7-17(14)18(22)21(12-15(2)19(23)24-3)13-16-8-10-20-11-9-16/h4-11,15H,12-13H2,1-3H3. The Morgan fingerprint density at radius 1 is 1.17 bits per heavy atom. The van der Waals surface area contributed by atoms with Crippen molar-refractivity contribution in [2.75, 3.05) is 13.7 Å². The van der Waals surface area contributed by atoms with Gasteiger partial charge in [0.25, 0.3) is 5.91 Å². The SMILES string of the molecule is COC(=O)C(C)CN(Cc1ccncc1)C(=O)c1ccccc1C. The van der Waals surface area contributed by atoms with Crippen molar-refractivity contribution in [2.24, 2.45) is 5.92 Å². The van der Waals surface area contributed by atoms with E-state index in [-0.39, 0.29) is 11.9 Å². The molecule has 1 unspecified atom stereocenters. The first-order valence-electron chi connectivity index (χ1n) is 7.84. The number of rotatable bonds is 6. The molecule has 1 atom stereocenters. The van der Waals surface area contributed by atoms with E-state index >= 15 is 0 Å². The number of nitrogens with zero attached hydrogens (tertiary/aromatic N) is 2. The van der Waals surface area contributed by atoms with Crippen molar-refractivity contribution in [2.45, 2.75) is 20.4 Å². The molecule has 0 saturated heterocycles. The van der Waals surface area contributed by atoms with Crippen LogP contribution in [0, 0.1) is 12.8 Å². The molecule has 0 N–H and O–H groups in total. The molecule has 2 rings (SSSR count). The van der Waals surface area contributed by atoms with Crippen molar-refractivity contribution < 1.29 is 14.3 Å². The number of carbonyl (C=O) groups excluding carboxylic acids is 2. The largest absolute Gasteiger partial charge is 0.469 e. The first-order valence-corrected chi connectivity index (χ1v) is 7.84. The van der Waals surface area contributed by atoms with E-state index in [0.29, 0.717) is 18.7 Å². The minimum atomic E-state index is -0.398. The van der Waals surface area contributed by atoms with Crippen molar-refractivity contribution >= 4 is 11.9 Å². The molecule has 0 fully saturated rings. The van der Waals surface area contributed by atoms with Gasteiger partial charge in [-0.05, 0) is 36.2 Å². The van der Waals surface area contributed by atoms with Gasteiger partial charge in [0.05, 0.1) is 13.0 Å². The number of carbonyl (C=O) groups is 2. The zero-order valence-electron chi connectivity index (χ0n) is 14.2. The first-order chi connectivity index (χ1) is 11.5. The van der Waals surface area contributed by atoms with E-state index < -0.39 is 5.92 Å². The predicted molar refractivity (Wildman–Crippen MR) is 91.3 cm³/mol. The van der Waals surface area contributed by atoms with Crippen LogP contribution >= 0.6 is 0 Å². The number of methoxy groups -OCH3 is 1. The number of pyridine rings is 1. The van der Waals surface area contributed by atoms with Gasteiger partial charge in [-0.15, -0.1) is 0 Å². The highest BCUT2D eigenvalue weighted by atomic mass is 16.5. The summed E-state index contributed by atoms with van der Waals surface area (Å²) in [5, 5.41) is 0. The molecular formula is C19H22N2O3. The fourth-order valence-corrected chi connectivity index (χ4v) is 2.52. The lowest BCUT2D eigenvalue weighted by molar-refractivity contribution is -0.145. The monoisotopic (exact) mass is 326 g/mol. The van der Waals surface area contributed by atoms with Crippen molar-refractivity contribution in [3.63, 3.8) is 0 Å². The minimum Gasteiger partial charge on any atom is -0.469 e. The smallest absolute Gasteiger partial charge is 0.310 e. The number of hydrogen-bond acceptors (Lipinski definition) is 4. The van der Waals surface area contributed by atoms with Gasteiger partial charge >= 0.3 is 5.97 Å². The third kappa shape index (κ3) is 4.41. The molecule has 0 aliphatic heterocycles. The van der Waals surface area contributed by atoms with Gasteiger partial charge in [-0.1, -0.05) is 25.1 Å². The summed E-state index contributed by atoms with van der Waals surface area (Å²) in [7, 11) is 1.36. The van der Waals surface area contributed by atoms with Crippen LogP contribution in [0.15, 0.2) is 48.8 Å². The Bertz CT molecular complexity index is 701. The van der Waals surface area contributed by atoms with E-state index in [2.05, 4.69) is 4.98 Å². The van der Waals surface area contributed by atoms with Gasteiger partial charge in [-0.2, -0.15) is 0 Å². The van der Waals surface area contributed by atoms with E-state index in [1.54, 1.807) is 30.3 Å². The number of amides is 1. The van der Waals surface area contributed by atoms with Gasteiger partial charge in [0.1, 0.15) is 0 Å². The van der Waals surface area contributed by atoms with Crippen LogP contribution in [-0.2, 0) is 16.1 Å². The molecule has 0 radical (unpaired) electrons. The summed E-state index contributed by atoms with van der Waals surface area (Å²) in [5.41, 5.74) is 2.51. The van der Waals surface area contributed by atoms with E-state index in [1.165, 1.54) is 7.11 Å². The molecule has 2 aromatic rings. The van der Waals surface area contributed by atoms with Crippen molar-refractivity contribution in [1.29, 1.82) is 0 Å². The second kappa shape index (κ2) is 8.24. The fraction of sp³-hybridized carbons (Fsp3) is 0.316. The Morgan fingerprint density at radius 2 is 1.83 bits per heavy atom. The predicted octanol–water partition coefficient (Wildman–Crippen LogP) is 2.84. The molecule has 1 amide bonds. The second-order valence-electron chi connectivity index (χ2n) is 5.78. The molecule has 0 aliphatic rings. The molecule has 126 valence electrons. The highest BCUT2D eigenvalue weighted by molar-refractivity contribution is 5.95. The van der Waals surface area contributed by atoms with Gasteiger partial charge in [0.2, 0.25) is 0 Å². The molecule has 1 aromatic heterocycles. The van der Waals surface area contributed by atoms with Crippen LogP contribution in [0.4, 0.5) is 0 Å². The number of aryl methyl sites for hydroxylation is 1. The van der Waals surface area contributed by atoms with Gasteiger partial charge in [-0.25, -0.2) is 0 Å². The average molecular weight is 326 g/mol. The van der Waals surface area contributed by atoms with Crippen LogP contribution in [0.5, 0.6) is 0 Å². The molecule has 0 aliphatic carbocycles. The van der Waals surface area contributed by atoms with Crippen LogP contribution in [0.1, 0.15) is 28.4 Å². The Kier molecular flexibility index (Phi) is 6.07. The molecule has 24 heavy (non-hydrogen) atoms. The Morgan fingerprint density at radius 3 is 2.46 bits per heavy atom. The molecule has 0 spiro atoms. The van der Waals surface area contributed by atoms with Gasteiger partial charge in [0, 0.05) is 31.0 Å². The zero-order chi connectivity index (χ0) is 17.5. The maximum atomic E-state index is 13.0. The Labute approximate surface area is 142 Å². The summed E-state index contributed by atoms with van der Waals surface area (Å²) >= 11 is 0. The summed E-state index contributed by atoms with van der Waals surface area (Å²) in [6, 6.07) is 11.2. The van der Waals surface area contributed by atoms with Crippen LogP contribution in [0.2, 0.25) is 0 Å². The van der Waals surface area contributed by atoms with Crippen LogP contribution < -0.4 is 0 Å². The molecular weight excluding hydrogens is 304 g/mol. The van der Waals surface area contributed by atoms with Crippen molar-refractivity contribution in [3.8, 4) is 0 Å². The van der Waals surface area contributed by atoms with Gasteiger partial charge < -0.3 is 9.64 Å². The maximum absolute atomic E-state index is 13.0. The minimum absolute atomic E-state index is 0.0966. The average Bonchev–Trinajstić information content (AvgIpc) is 2.61. The van der Waals surface area contributed by atoms with E-state index in [0.717, 1.165) is 11.1 Å². The molecule has 5 nitrogen and oxygen atoms in total. The van der Waals surface area contributed by atoms with E-state index in [1.807, 2.05) is 37.3 Å². The Balaban J connectivity index is 2.26. The summed E-state index contributed by atoms with van der Waals surface area (Å²) in [6.07, 6.45) is 3.38. The molecule has 0 bridgehead atoms. The summed E-state index contributed by atoms with van der Waals surface area (Å²) in [4.78, 5) is 30.4. The van der Waals surface area contributed by atoms with Gasteiger partial charge in [0.15, 0.2) is 0 Å². The summed E-state index contributed by atoms with van der Waals surface area (Å²) in [5.74, 6) is -0.821. The highest BCUT2D eigenvalue weighted by Gasteiger charge is 2.23. The highest BCUT2D eigenvalue weighted by Crippen LogP contribution is 2.15. The summed E-state index contributed by atoms with van der Waals surface area (Å²) < 4.78 is 4.79. The van der Waals surface area contributed by atoms with E-state index in [9.17, 15) is 9.59 Å². The van der Waals surface area contributed by atoms with Crippen molar-refractivity contribution in [1.82, 2.24) is 9.88 Å². The number of ether oxygens (including phenoxy) is 1. The molecule has 1 aromatic carbocycles. The number of esters is 1. The molecule has 0 saturated carbocycles. The second-order valence-corrected chi connectivity index (χ2v) is 5.78. The number of aromatic nitrogens is 1. The molecule has 1 heterocycles. The summed E-state index contributed by atoms with van der Waals surface area (Å²) in [6.45, 7) is 4.37.